The molecule has 1 aromatic heterocycles. The van der Waals surface area contributed by atoms with E-state index in [2.05, 4.69) is 10.3 Å². The van der Waals surface area contributed by atoms with Crippen LogP contribution in [0.2, 0.25) is 0 Å². The first kappa shape index (κ1) is 17.4. The number of likely N-dealkylation sites (tertiary alicyclic amines) is 1. The number of thiazole rings is 1. The third-order valence-electron chi connectivity index (χ3n) is 3.64. The summed E-state index contributed by atoms with van der Waals surface area (Å²) in [6.45, 7) is 5.88. The zero-order chi connectivity index (χ0) is 17.2. The van der Waals surface area contributed by atoms with Gasteiger partial charge >= 0.3 is 5.97 Å². The first-order valence-corrected chi connectivity index (χ1v) is 8.34. The summed E-state index contributed by atoms with van der Waals surface area (Å²) < 4.78 is 0. The van der Waals surface area contributed by atoms with Crippen LogP contribution in [0.25, 0.3) is 0 Å². The molecule has 0 spiro atoms. The number of nitrogens with one attached hydrogen (secondary N) is 1. The average Bonchev–Trinajstić information content (AvgIpc) is 3.06. The molecule has 2 rings (SSSR count). The predicted molar refractivity (Wildman–Crippen MR) is 86.3 cm³/mol. The van der Waals surface area contributed by atoms with Crippen molar-refractivity contribution in [3.8, 4) is 0 Å². The first-order chi connectivity index (χ1) is 10.7. The molecule has 1 aliphatic rings. The van der Waals surface area contributed by atoms with Crippen molar-refractivity contribution in [2.75, 3.05) is 11.9 Å². The lowest BCUT2D eigenvalue weighted by Gasteiger charge is -2.20. The maximum Gasteiger partial charge on any atom is 0.326 e. The molecule has 1 aliphatic heterocycles. The van der Waals surface area contributed by atoms with E-state index in [1.165, 1.54) is 16.2 Å². The van der Waals surface area contributed by atoms with Gasteiger partial charge in [0.25, 0.3) is 0 Å². The molecule has 8 heteroatoms. The Kier molecular flexibility index (Phi) is 5.03. The summed E-state index contributed by atoms with van der Waals surface area (Å²) in [7, 11) is 0. The van der Waals surface area contributed by atoms with Gasteiger partial charge in [-0.15, -0.1) is 11.3 Å². The van der Waals surface area contributed by atoms with Crippen LogP contribution in [0.15, 0.2) is 5.38 Å². The van der Waals surface area contributed by atoms with Gasteiger partial charge in [-0.3, -0.25) is 9.59 Å². The minimum atomic E-state index is -0.966. The molecular weight excluding hydrogens is 318 g/mol. The minimum absolute atomic E-state index is 0.0473. The van der Waals surface area contributed by atoms with E-state index in [9.17, 15) is 14.4 Å². The molecule has 23 heavy (non-hydrogen) atoms. The van der Waals surface area contributed by atoms with Gasteiger partial charge in [-0.25, -0.2) is 9.78 Å². The van der Waals surface area contributed by atoms with Gasteiger partial charge in [0.15, 0.2) is 5.13 Å². The highest BCUT2D eigenvalue weighted by Crippen LogP contribution is 2.22. The van der Waals surface area contributed by atoms with E-state index in [1.807, 2.05) is 0 Å². The van der Waals surface area contributed by atoms with Gasteiger partial charge in [0.2, 0.25) is 11.8 Å². The zero-order valence-corrected chi connectivity index (χ0v) is 14.3. The van der Waals surface area contributed by atoms with E-state index in [0.29, 0.717) is 30.2 Å². The van der Waals surface area contributed by atoms with E-state index in [4.69, 9.17) is 5.11 Å². The molecule has 0 radical (unpaired) electrons. The number of aliphatic carboxylic acids is 1. The number of aromatic nitrogens is 1. The molecule has 2 N–H and O–H groups in total. The highest BCUT2D eigenvalue weighted by atomic mass is 32.1. The third kappa shape index (κ3) is 4.28. The van der Waals surface area contributed by atoms with Crippen molar-refractivity contribution in [3.05, 3.63) is 11.1 Å². The predicted octanol–water partition coefficient (Wildman–Crippen LogP) is 1.75. The Hall–Kier alpha value is -1.96. The molecule has 0 saturated carbocycles. The Morgan fingerprint density at radius 3 is 2.74 bits per heavy atom. The van der Waals surface area contributed by atoms with E-state index < -0.39 is 17.4 Å². The van der Waals surface area contributed by atoms with Crippen molar-refractivity contribution in [1.82, 2.24) is 9.88 Å². The Morgan fingerprint density at radius 2 is 2.13 bits per heavy atom. The van der Waals surface area contributed by atoms with Gasteiger partial charge in [-0.1, -0.05) is 20.8 Å². The van der Waals surface area contributed by atoms with Crippen LogP contribution in [0.1, 0.15) is 39.3 Å². The number of hydrogen-bond acceptors (Lipinski definition) is 5. The molecule has 126 valence electrons. The summed E-state index contributed by atoms with van der Waals surface area (Å²) in [4.78, 5) is 40.9. The quantitative estimate of drug-likeness (QED) is 0.870. The van der Waals surface area contributed by atoms with Gasteiger partial charge in [-0.05, 0) is 12.8 Å². The molecule has 2 heterocycles. The van der Waals surface area contributed by atoms with E-state index in [-0.39, 0.29) is 18.2 Å². The number of carboxylic acid groups (broad SMARTS) is 1. The van der Waals surface area contributed by atoms with Gasteiger partial charge < -0.3 is 15.3 Å². The fourth-order valence-corrected chi connectivity index (χ4v) is 3.01. The molecule has 1 fully saturated rings. The standard InChI is InChI=1S/C15H21N3O4S/c1-15(2,3)13(22)17-14-16-9(8-23-14)7-11(19)18-6-4-5-10(18)12(20)21/h8,10H,4-7H2,1-3H3,(H,20,21)(H,16,17,22). The molecule has 0 aromatic carbocycles. The van der Waals surface area contributed by atoms with Crippen LogP contribution in [0, 0.1) is 5.41 Å². The molecule has 7 nitrogen and oxygen atoms in total. The molecule has 1 atom stereocenters. The topological polar surface area (TPSA) is 99.6 Å². The number of rotatable bonds is 4. The van der Waals surface area contributed by atoms with Gasteiger partial charge in [0.05, 0.1) is 12.1 Å². The summed E-state index contributed by atoms with van der Waals surface area (Å²) in [5, 5.41) is 14.0. The van der Waals surface area contributed by atoms with Crippen molar-refractivity contribution in [2.24, 2.45) is 5.41 Å². The Labute approximate surface area is 138 Å². The monoisotopic (exact) mass is 339 g/mol. The summed E-state index contributed by atoms with van der Waals surface area (Å²) >= 11 is 1.26. The summed E-state index contributed by atoms with van der Waals surface area (Å²) in [6.07, 6.45) is 1.24. The van der Waals surface area contributed by atoms with Crippen LogP contribution in [-0.4, -0.2) is 45.4 Å². The summed E-state index contributed by atoms with van der Waals surface area (Å²) in [6, 6.07) is -0.735. The second-order valence-corrected chi connectivity index (χ2v) is 7.47. The number of carboxylic acids is 1. The largest absolute Gasteiger partial charge is 0.480 e. The third-order valence-corrected chi connectivity index (χ3v) is 4.45. The summed E-state index contributed by atoms with van der Waals surface area (Å²) in [5.74, 6) is -1.35. The maximum absolute atomic E-state index is 12.3. The van der Waals surface area contributed by atoms with E-state index in [1.54, 1.807) is 26.2 Å². The van der Waals surface area contributed by atoms with Crippen molar-refractivity contribution in [2.45, 2.75) is 46.1 Å². The number of carbonyl (C=O) groups is 3. The summed E-state index contributed by atoms with van der Waals surface area (Å²) in [5.41, 5.74) is 0.0200. The minimum Gasteiger partial charge on any atom is -0.480 e. The molecule has 2 amide bonds. The lowest BCUT2D eigenvalue weighted by atomic mass is 9.96. The lowest BCUT2D eigenvalue weighted by Crippen LogP contribution is -2.41. The van der Waals surface area contributed by atoms with Crippen LogP contribution < -0.4 is 5.32 Å². The second kappa shape index (κ2) is 6.66. The molecular formula is C15H21N3O4S. The highest BCUT2D eigenvalue weighted by Gasteiger charge is 2.34. The van der Waals surface area contributed by atoms with Crippen molar-refractivity contribution in [3.63, 3.8) is 0 Å². The van der Waals surface area contributed by atoms with Crippen molar-refractivity contribution < 1.29 is 19.5 Å². The molecule has 1 saturated heterocycles. The lowest BCUT2D eigenvalue weighted by molar-refractivity contribution is -0.148. The molecule has 1 aromatic rings. The smallest absolute Gasteiger partial charge is 0.326 e. The number of hydrogen-bond donors (Lipinski definition) is 2. The number of anilines is 1. The van der Waals surface area contributed by atoms with Crippen LogP contribution in [0.3, 0.4) is 0 Å². The van der Waals surface area contributed by atoms with Gasteiger partial charge in [0.1, 0.15) is 6.04 Å². The Bertz CT molecular complexity index is 620. The number of amides is 2. The maximum atomic E-state index is 12.3. The fraction of sp³-hybridized carbons (Fsp3) is 0.600. The molecule has 1 unspecified atom stereocenters. The number of carbonyl (C=O) groups excluding carboxylic acids is 2. The molecule has 0 bridgehead atoms. The second-order valence-electron chi connectivity index (χ2n) is 6.61. The Morgan fingerprint density at radius 1 is 1.43 bits per heavy atom. The Balaban J connectivity index is 1.98. The van der Waals surface area contributed by atoms with Crippen molar-refractivity contribution >= 4 is 34.3 Å². The highest BCUT2D eigenvalue weighted by molar-refractivity contribution is 7.13. The molecule has 0 aliphatic carbocycles. The number of nitrogens with zero attached hydrogens (tertiary/aromatic N) is 2. The fourth-order valence-electron chi connectivity index (χ4n) is 2.31. The van der Waals surface area contributed by atoms with Crippen LogP contribution in [0.4, 0.5) is 5.13 Å². The first-order valence-electron chi connectivity index (χ1n) is 7.46. The van der Waals surface area contributed by atoms with Gasteiger partial charge in [-0.2, -0.15) is 0 Å². The normalized spacial score (nSPS) is 18.0. The van der Waals surface area contributed by atoms with E-state index in [0.717, 1.165) is 0 Å². The average molecular weight is 339 g/mol. The van der Waals surface area contributed by atoms with Crippen LogP contribution >= 0.6 is 11.3 Å². The van der Waals surface area contributed by atoms with Crippen molar-refractivity contribution in [1.29, 1.82) is 0 Å². The van der Waals surface area contributed by atoms with Crippen LogP contribution in [0.5, 0.6) is 0 Å². The zero-order valence-electron chi connectivity index (χ0n) is 13.5. The van der Waals surface area contributed by atoms with E-state index >= 15 is 0 Å². The van der Waals surface area contributed by atoms with Crippen LogP contribution in [-0.2, 0) is 20.8 Å². The SMILES string of the molecule is CC(C)(C)C(=O)Nc1nc(CC(=O)N2CCCC2C(=O)O)cs1. The van der Waals surface area contributed by atoms with Gasteiger partial charge in [0, 0.05) is 17.3 Å².